The van der Waals surface area contributed by atoms with Crippen LogP contribution in [0.25, 0.3) is 11.0 Å². The Morgan fingerprint density at radius 1 is 1.47 bits per heavy atom. The average Bonchev–Trinajstić information content (AvgIpc) is 2.62. The van der Waals surface area contributed by atoms with Crippen molar-refractivity contribution >= 4 is 26.9 Å². The first-order chi connectivity index (χ1) is 7.95. The van der Waals surface area contributed by atoms with Crippen LogP contribution in [0.1, 0.15) is 12.6 Å². The molecule has 17 heavy (non-hydrogen) atoms. The van der Waals surface area contributed by atoms with Crippen LogP contribution < -0.4 is 4.74 Å². The largest absolute Gasteiger partial charge is 0.490 e. The van der Waals surface area contributed by atoms with Crippen LogP contribution in [-0.4, -0.2) is 11.6 Å². The van der Waals surface area contributed by atoms with Crippen LogP contribution in [0.5, 0.6) is 5.75 Å². The molecule has 0 spiro atoms. The van der Waals surface area contributed by atoms with Crippen molar-refractivity contribution in [2.45, 2.75) is 13.1 Å². The topological polar surface area (TPSA) is 35.3 Å². The highest BCUT2D eigenvalue weighted by molar-refractivity contribution is 9.10. The van der Waals surface area contributed by atoms with Gasteiger partial charge in [-0.1, -0.05) is 0 Å². The zero-order chi connectivity index (χ0) is 12.6. The minimum Gasteiger partial charge on any atom is -0.490 e. The lowest BCUT2D eigenvalue weighted by Crippen LogP contribution is -2.08. The van der Waals surface area contributed by atoms with Crippen LogP contribution in [0.2, 0.25) is 0 Å². The molecule has 0 radical (unpaired) electrons. The van der Waals surface area contributed by atoms with E-state index in [0.29, 0.717) is 4.47 Å². The molecular formula is C10H7BrF3NO2. The van der Waals surface area contributed by atoms with Crippen molar-refractivity contribution in [3.8, 4) is 5.75 Å². The van der Waals surface area contributed by atoms with Crippen LogP contribution in [0.3, 0.4) is 0 Å². The molecule has 92 valence electrons. The minimum absolute atomic E-state index is 0.0450. The van der Waals surface area contributed by atoms with E-state index in [0.717, 1.165) is 12.5 Å². The fourth-order valence-corrected chi connectivity index (χ4v) is 1.86. The highest BCUT2D eigenvalue weighted by atomic mass is 79.9. The summed E-state index contributed by atoms with van der Waals surface area (Å²) in [5.74, 6) is 0.0450. The molecule has 0 aliphatic heterocycles. The van der Waals surface area contributed by atoms with E-state index in [4.69, 9.17) is 9.15 Å². The van der Waals surface area contributed by atoms with Gasteiger partial charge >= 0.3 is 6.18 Å². The summed E-state index contributed by atoms with van der Waals surface area (Å²) in [6.45, 7) is 1.93. The number of ether oxygens (including phenoxy) is 1. The number of halogens is 4. The third-order valence-corrected chi connectivity index (χ3v) is 2.65. The third-order valence-electron chi connectivity index (χ3n) is 2.09. The van der Waals surface area contributed by atoms with Gasteiger partial charge < -0.3 is 9.15 Å². The molecule has 0 bridgehead atoms. The first-order valence-corrected chi connectivity index (χ1v) is 5.50. The Kier molecular flexibility index (Phi) is 3.03. The van der Waals surface area contributed by atoms with Crippen LogP contribution >= 0.6 is 15.9 Å². The smallest absolute Gasteiger partial charge is 0.434 e. The molecule has 0 aromatic carbocycles. The highest BCUT2D eigenvalue weighted by Gasteiger charge is 2.37. The summed E-state index contributed by atoms with van der Waals surface area (Å²) in [6.07, 6.45) is -2.34. The van der Waals surface area contributed by atoms with Crippen LogP contribution in [0, 0.1) is 0 Å². The van der Waals surface area contributed by atoms with Crippen LogP contribution in [0.4, 0.5) is 13.2 Å². The highest BCUT2D eigenvalue weighted by Crippen LogP contribution is 2.41. The van der Waals surface area contributed by atoms with Crippen LogP contribution in [0.15, 0.2) is 21.3 Å². The monoisotopic (exact) mass is 309 g/mol. The van der Waals surface area contributed by atoms with Gasteiger partial charge in [-0.15, -0.1) is 0 Å². The van der Waals surface area contributed by atoms with Crippen molar-refractivity contribution in [1.82, 2.24) is 4.98 Å². The molecule has 0 atom stereocenters. The van der Waals surface area contributed by atoms with Gasteiger partial charge in [0.15, 0.2) is 17.0 Å². The first-order valence-electron chi connectivity index (χ1n) is 4.70. The SMILES string of the molecule is CCOc1coc2c(Br)cnc(C(F)(F)F)c12. The molecule has 2 aromatic rings. The first kappa shape index (κ1) is 12.2. The van der Waals surface area contributed by atoms with Gasteiger partial charge in [-0.3, -0.25) is 0 Å². The van der Waals surface area contributed by atoms with Crippen molar-refractivity contribution in [1.29, 1.82) is 0 Å². The molecule has 0 aliphatic carbocycles. The van der Waals surface area contributed by atoms with Gasteiger partial charge in [-0.2, -0.15) is 13.2 Å². The van der Waals surface area contributed by atoms with Gasteiger partial charge in [0, 0.05) is 6.20 Å². The van der Waals surface area contributed by atoms with Gasteiger partial charge in [0.1, 0.15) is 6.26 Å². The summed E-state index contributed by atoms with van der Waals surface area (Å²) >= 11 is 3.08. The maximum atomic E-state index is 12.8. The van der Waals surface area contributed by atoms with Crippen molar-refractivity contribution in [2.75, 3.05) is 6.61 Å². The quantitative estimate of drug-likeness (QED) is 0.841. The van der Waals surface area contributed by atoms with Crippen molar-refractivity contribution in [3.63, 3.8) is 0 Å². The van der Waals surface area contributed by atoms with Crippen LogP contribution in [-0.2, 0) is 6.18 Å². The molecule has 3 nitrogen and oxygen atoms in total. The summed E-state index contributed by atoms with van der Waals surface area (Å²) in [5, 5.41) is -0.159. The molecule has 0 saturated heterocycles. The number of nitrogens with zero attached hydrogens (tertiary/aromatic N) is 1. The molecule has 0 amide bonds. The van der Waals surface area contributed by atoms with E-state index in [1.54, 1.807) is 6.92 Å². The fourth-order valence-electron chi connectivity index (χ4n) is 1.46. The second-order valence-electron chi connectivity index (χ2n) is 3.19. The van der Waals surface area contributed by atoms with E-state index >= 15 is 0 Å². The Balaban J connectivity index is 2.76. The molecule has 2 heterocycles. The number of fused-ring (bicyclic) bond motifs is 1. The number of hydrogen-bond donors (Lipinski definition) is 0. The van der Waals surface area contributed by atoms with E-state index in [1.165, 1.54) is 0 Å². The normalized spacial score (nSPS) is 12.1. The molecule has 2 aromatic heterocycles. The molecule has 0 N–H and O–H groups in total. The maximum absolute atomic E-state index is 12.8. The predicted octanol–water partition coefficient (Wildman–Crippen LogP) is 4.01. The van der Waals surface area contributed by atoms with Gasteiger partial charge in [-0.25, -0.2) is 4.98 Å². The molecule has 2 rings (SSSR count). The summed E-state index contributed by atoms with van der Waals surface area (Å²) in [5.41, 5.74) is -0.927. The third kappa shape index (κ3) is 2.11. The Bertz CT molecular complexity index is 550. The Morgan fingerprint density at radius 3 is 2.76 bits per heavy atom. The lowest BCUT2D eigenvalue weighted by atomic mass is 10.2. The van der Waals surface area contributed by atoms with E-state index in [9.17, 15) is 13.2 Å². The van der Waals surface area contributed by atoms with Crippen molar-refractivity contribution in [2.24, 2.45) is 0 Å². The van der Waals surface area contributed by atoms with Gasteiger partial charge in [0.25, 0.3) is 0 Å². The fraction of sp³-hybridized carbons (Fsp3) is 0.300. The number of pyridine rings is 1. The van der Waals surface area contributed by atoms with Gasteiger partial charge in [0.05, 0.1) is 16.5 Å². The van der Waals surface area contributed by atoms with Gasteiger partial charge in [0.2, 0.25) is 0 Å². The minimum atomic E-state index is -4.55. The molecular weight excluding hydrogens is 303 g/mol. The number of rotatable bonds is 2. The standard InChI is InChI=1S/C10H7BrF3NO2/c1-2-16-6-4-17-8-5(11)3-15-9(7(6)8)10(12,13)14/h3-4H,2H2,1H3. The lowest BCUT2D eigenvalue weighted by Gasteiger charge is -2.08. The Labute approximate surface area is 103 Å². The zero-order valence-corrected chi connectivity index (χ0v) is 10.2. The summed E-state index contributed by atoms with van der Waals surface area (Å²) in [4.78, 5) is 3.38. The van der Waals surface area contributed by atoms with E-state index in [2.05, 4.69) is 20.9 Å². The molecule has 0 unspecified atom stereocenters. The predicted molar refractivity (Wildman–Crippen MR) is 57.9 cm³/mol. The maximum Gasteiger partial charge on any atom is 0.434 e. The van der Waals surface area contributed by atoms with Gasteiger partial charge in [-0.05, 0) is 22.9 Å². The number of hydrogen-bond acceptors (Lipinski definition) is 3. The molecule has 0 aliphatic rings. The number of aromatic nitrogens is 1. The number of alkyl halides is 3. The number of furan rings is 1. The molecule has 0 fully saturated rings. The summed E-state index contributed by atoms with van der Waals surface area (Å²) in [6, 6.07) is 0. The van der Waals surface area contributed by atoms with Crippen molar-refractivity contribution in [3.05, 3.63) is 22.6 Å². The zero-order valence-electron chi connectivity index (χ0n) is 8.64. The Hall–Kier alpha value is -1.24. The van der Waals surface area contributed by atoms with E-state index < -0.39 is 11.9 Å². The Morgan fingerprint density at radius 2 is 2.18 bits per heavy atom. The average molecular weight is 310 g/mol. The molecule has 0 saturated carbocycles. The van der Waals surface area contributed by atoms with Crippen molar-refractivity contribution < 1.29 is 22.3 Å². The van der Waals surface area contributed by atoms with E-state index in [1.807, 2.05) is 0 Å². The second-order valence-corrected chi connectivity index (χ2v) is 4.04. The summed E-state index contributed by atoms with van der Waals surface area (Å²) < 4.78 is 48.8. The molecule has 7 heteroatoms. The second kappa shape index (κ2) is 4.21. The summed E-state index contributed by atoms with van der Waals surface area (Å²) in [7, 11) is 0. The lowest BCUT2D eigenvalue weighted by molar-refractivity contribution is -0.139. The van der Waals surface area contributed by atoms with E-state index in [-0.39, 0.29) is 23.3 Å².